The van der Waals surface area contributed by atoms with Crippen LogP contribution in [0, 0.1) is 0 Å². The van der Waals surface area contributed by atoms with Gasteiger partial charge >= 0.3 is 0 Å². The number of thioether (sulfide) groups is 1. The van der Waals surface area contributed by atoms with Crippen molar-refractivity contribution < 1.29 is 14.3 Å². The highest BCUT2D eigenvalue weighted by molar-refractivity contribution is 9.10. The van der Waals surface area contributed by atoms with Crippen LogP contribution in [-0.4, -0.2) is 36.2 Å². The predicted molar refractivity (Wildman–Crippen MR) is 122 cm³/mol. The number of amidine groups is 1. The maximum atomic E-state index is 12.7. The predicted octanol–water partition coefficient (Wildman–Crippen LogP) is 5.35. The molecular formula is C22H23BrN2O3S. The van der Waals surface area contributed by atoms with Gasteiger partial charge in [-0.25, -0.2) is 0 Å². The monoisotopic (exact) mass is 474 g/mol. The number of hydrogen-bond acceptors (Lipinski definition) is 5. The van der Waals surface area contributed by atoms with Crippen LogP contribution in [0.2, 0.25) is 0 Å². The van der Waals surface area contributed by atoms with Crippen LogP contribution >= 0.6 is 27.7 Å². The molecule has 1 amide bonds. The topological polar surface area (TPSA) is 51.1 Å². The van der Waals surface area contributed by atoms with Gasteiger partial charge in [0.15, 0.2) is 16.7 Å². The minimum absolute atomic E-state index is 0.0239. The highest BCUT2D eigenvalue weighted by Crippen LogP contribution is 2.39. The maximum absolute atomic E-state index is 12.7. The first-order chi connectivity index (χ1) is 14.1. The molecule has 0 atom stereocenters. The molecule has 29 heavy (non-hydrogen) atoms. The fraction of sp³-hybridized carbons (Fsp3) is 0.273. The van der Waals surface area contributed by atoms with Gasteiger partial charge < -0.3 is 9.47 Å². The van der Waals surface area contributed by atoms with Crippen molar-refractivity contribution in [3.8, 4) is 11.5 Å². The smallest absolute Gasteiger partial charge is 0.266 e. The van der Waals surface area contributed by atoms with Gasteiger partial charge in [-0.15, -0.1) is 0 Å². The summed E-state index contributed by atoms with van der Waals surface area (Å²) in [7, 11) is 1.61. The second-order valence-corrected chi connectivity index (χ2v) is 8.09. The molecule has 1 saturated heterocycles. The number of methoxy groups -OCH3 is 1. The van der Waals surface area contributed by atoms with E-state index >= 15 is 0 Å². The Hall–Kier alpha value is -2.25. The summed E-state index contributed by atoms with van der Waals surface area (Å²) in [5.74, 6) is 1.21. The lowest BCUT2D eigenvalue weighted by Gasteiger charge is -2.14. The number of aliphatic imine (C=N–C) groups is 1. The molecule has 152 valence electrons. The lowest BCUT2D eigenvalue weighted by molar-refractivity contribution is -0.122. The van der Waals surface area contributed by atoms with E-state index in [1.165, 1.54) is 11.8 Å². The van der Waals surface area contributed by atoms with Crippen molar-refractivity contribution in [2.45, 2.75) is 20.5 Å². The van der Waals surface area contributed by atoms with Crippen LogP contribution in [-0.2, 0) is 11.4 Å². The molecule has 1 aliphatic rings. The van der Waals surface area contributed by atoms with E-state index in [4.69, 9.17) is 9.47 Å². The summed E-state index contributed by atoms with van der Waals surface area (Å²) in [6.07, 6.45) is 1.86. The normalized spacial score (nSPS) is 16.7. The second-order valence-electron chi connectivity index (χ2n) is 6.23. The molecule has 0 unspecified atom stereocenters. The van der Waals surface area contributed by atoms with Gasteiger partial charge in [0, 0.05) is 13.1 Å². The molecule has 0 radical (unpaired) electrons. The third-order valence-electron chi connectivity index (χ3n) is 4.27. The maximum Gasteiger partial charge on any atom is 0.266 e. The Morgan fingerprint density at radius 1 is 1.21 bits per heavy atom. The van der Waals surface area contributed by atoms with E-state index in [9.17, 15) is 4.79 Å². The number of nitrogens with zero attached hydrogens (tertiary/aromatic N) is 2. The molecule has 3 rings (SSSR count). The molecule has 1 heterocycles. The molecule has 0 N–H and O–H groups in total. The van der Waals surface area contributed by atoms with Gasteiger partial charge in [0.1, 0.15) is 6.61 Å². The molecule has 7 heteroatoms. The second kappa shape index (κ2) is 9.98. The van der Waals surface area contributed by atoms with Gasteiger partial charge in [-0.3, -0.25) is 14.7 Å². The average molecular weight is 475 g/mol. The molecule has 0 bridgehead atoms. The molecule has 0 saturated carbocycles. The van der Waals surface area contributed by atoms with Gasteiger partial charge in [-0.1, -0.05) is 30.3 Å². The van der Waals surface area contributed by atoms with Gasteiger partial charge in [0.25, 0.3) is 5.91 Å². The third kappa shape index (κ3) is 5.03. The van der Waals surface area contributed by atoms with Gasteiger partial charge in [-0.2, -0.15) is 0 Å². The molecular weight excluding hydrogens is 452 g/mol. The summed E-state index contributed by atoms with van der Waals surface area (Å²) in [5, 5.41) is 0.750. The Morgan fingerprint density at radius 3 is 2.62 bits per heavy atom. The Kier molecular flexibility index (Phi) is 7.39. The van der Waals surface area contributed by atoms with E-state index < -0.39 is 0 Å². The standard InChI is InChI=1S/C22H23BrN2O3S/c1-4-24-22-25(5-2)21(26)19(29-22)13-16-11-17(23)20(18(12-16)27-3)28-14-15-9-7-6-8-10-15/h6-13H,4-5,14H2,1-3H3. The lowest BCUT2D eigenvalue weighted by Crippen LogP contribution is -2.28. The number of carbonyl (C=O) groups excluding carboxylic acids is 1. The fourth-order valence-corrected chi connectivity index (χ4v) is 4.56. The van der Waals surface area contributed by atoms with Gasteiger partial charge in [-0.05, 0) is 70.9 Å². The van der Waals surface area contributed by atoms with Crippen molar-refractivity contribution in [3.63, 3.8) is 0 Å². The van der Waals surface area contributed by atoms with Crippen LogP contribution in [0.1, 0.15) is 25.0 Å². The average Bonchev–Trinajstić information content (AvgIpc) is 3.02. The van der Waals surface area contributed by atoms with Crippen molar-refractivity contribution in [2.24, 2.45) is 4.99 Å². The first-order valence-electron chi connectivity index (χ1n) is 9.37. The zero-order chi connectivity index (χ0) is 20.8. The van der Waals surface area contributed by atoms with Gasteiger partial charge in [0.05, 0.1) is 16.5 Å². The van der Waals surface area contributed by atoms with E-state index in [2.05, 4.69) is 20.9 Å². The van der Waals surface area contributed by atoms with Crippen molar-refractivity contribution in [1.29, 1.82) is 0 Å². The van der Waals surface area contributed by atoms with Gasteiger partial charge in [0.2, 0.25) is 0 Å². The molecule has 1 fully saturated rings. The Bertz CT molecular complexity index is 945. The number of hydrogen-bond donors (Lipinski definition) is 0. The van der Waals surface area contributed by atoms with E-state index in [1.807, 2.05) is 62.4 Å². The number of ether oxygens (including phenoxy) is 2. The number of carbonyl (C=O) groups is 1. The van der Waals surface area contributed by atoms with Crippen LogP contribution in [0.4, 0.5) is 0 Å². The highest BCUT2D eigenvalue weighted by Gasteiger charge is 2.31. The summed E-state index contributed by atoms with van der Waals surface area (Å²) < 4.78 is 12.3. The van der Waals surface area contributed by atoms with Crippen LogP contribution in [0.5, 0.6) is 11.5 Å². The molecule has 0 aromatic heterocycles. The van der Waals surface area contributed by atoms with Crippen LogP contribution in [0.3, 0.4) is 0 Å². The number of amides is 1. The fourth-order valence-electron chi connectivity index (χ4n) is 2.88. The Morgan fingerprint density at radius 2 is 1.97 bits per heavy atom. The quantitative estimate of drug-likeness (QED) is 0.507. The third-order valence-corrected chi connectivity index (χ3v) is 5.91. The van der Waals surface area contributed by atoms with Crippen molar-refractivity contribution >= 4 is 44.8 Å². The summed E-state index contributed by atoms with van der Waals surface area (Å²) in [6, 6.07) is 13.7. The molecule has 0 aliphatic carbocycles. The summed E-state index contributed by atoms with van der Waals surface area (Å²) in [5.41, 5.74) is 1.92. The highest BCUT2D eigenvalue weighted by atomic mass is 79.9. The number of rotatable bonds is 7. The van der Waals surface area contributed by atoms with Crippen molar-refractivity contribution in [3.05, 3.63) is 63.0 Å². The SMILES string of the molecule is CCN=C1SC(=Cc2cc(Br)c(OCc3ccccc3)c(OC)c2)C(=O)N1CC. The van der Waals surface area contributed by atoms with Crippen LogP contribution < -0.4 is 9.47 Å². The number of benzene rings is 2. The van der Waals surface area contributed by atoms with Crippen molar-refractivity contribution in [2.75, 3.05) is 20.2 Å². The van der Waals surface area contributed by atoms with Crippen LogP contribution in [0.15, 0.2) is 56.8 Å². The molecule has 2 aromatic rings. The lowest BCUT2D eigenvalue weighted by atomic mass is 10.1. The van der Waals surface area contributed by atoms with E-state index in [-0.39, 0.29) is 5.91 Å². The molecule has 5 nitrogen and oxygen atoms in total. The summed E-state index contributed by atoms with van der Waals surface area (Å²) in [4.78, 5) is 19.4. The minimum atomic E-state index is -0.0239. The van der Waals surface area contributed by atoms with E-state index in [1.54, 1.807) is 12.0 Å². The van der Waals surface area contributed by atoms with Crippen LogP contribution in [0.25, 0.3) is 6.08 Å². The minimum Gasteiger partial charge on any atom is -0.493 e. The molecule has 1 aliphatic heterocycles. The van der Waals surface area contributed by atoms with E-state index in [0.717, 1.165) is 20.8 Å². The molecule has 0 spiro atoms. The Labute approximate surface area is 183 Å². The number of halogens is 1. The van der Waals surface area contributed by atoms with E-state index in [0.29, 0.717) is 36.1 Å². The first kappa shape index (κ1) is 21.5. The van der Waals surface area contributed by atoms with Crippen molar-refractivity contribution in [1.82, 2.24) is 4.90 Å². The summed E-state index contributed by atoms with van der Waals surface area (Å²) >= 11 is 4.98. The Balaban J connectivity index is 1.86. The summed E-state index contributed by atoms with van der Waals surface area (Å²) in [6.45, 7) is 5.59. The zero-order valence-electron chi connectivity index (χ0n) is 16.6. The molecule has 2 aromatic carbocycles. The zero-order valence-corrected chi connectivity index (χ0v) is 19.0. The number of likely N-dealkylation sites (N-methyl/N-ethyl adjacent to an activating group) is 1. The first-order valence-corrected chi connectivity index (χ1v) is 11.0. The largest absolute Gasteiger partial charge is 0.493 e.